The fourth-order valence-electron chi connectivity index (χ4n) is 4.20. The number of pyridine rings is 1. The summed E-state index contributed by atoms with van der Waals surface area (Å²) in [7, 11) is 0. The molecule has 1 aromatic carbocycles. The van der Waals surface area contributed by atoms with Crippen LogP contribution in [0.5, 0.6) is 0 Å². The van der Waals surface area contributed by atoms with Gasteiger partial charge in [-0.1, -0.05) is 0 Å². The Balaban J connectivity index is 1.82. The third kappa shape index (κ3) is 3.62. The van der Waals surface area contributed by atoms with Crippen LogP contribution in [0.4, 0.5) is 10.3 Å². The van der Waals surface area contributed by atoms with Crippen LogP contribution in [0, 0.1) is 33.5 Å². The number of aryl methyl sites for hydroxylation is 4. The van der Waals surface area contributed by atoms with Crippen molar-refractivity contribution in [1.82, 2.24) is 24.7 Å². The minimum atomic E-state index is -0.394. The lowest BCUT2D eigenvalue weighted by molar-refractivity contribution is -0.516. The van der Waals surface area contributed by atoms with Gasteiger partial charge in [-0.3, -0.25) is 4.98 Å². The van der Waals surface area contributed by atoms with Crippen molar-refractivity contribution < 1.29 is 13.2 Å². The van der Waals surface area contributed by atoms with Gasteiger partial charge in [0.15, 0.2) is 5.89 Å². The number of benzene rings is 1. The van der Waals surface area contributed by atoms with Crippen LogP contribution in [0.25, 0.3) is 28.0 Å². The third-order valence-corrected chi connectivity index (χ3v) is 5.61. The molecule has 9 nitrogen and oxygen atoms in total. The minimum Gasteiger partial charge on any atom is -0.446 e. The SMILES string of the molecule is Cc1cc(-c2c(-c3ccc(F)cc3)nc(N)[n+]3c(=O)n(Cc4nc(C)oc4C)[nH]c23)cc(C)n1. The van der Waals surface area contributed by atoms with Crippen molar-refractivity contribution in [1.29, 1.82) is 0 Å². The summed E-state index contributed by atoms with van der Waals surface area (Å²) in [4.78, 5) is 26.7. The Hall–Kier alpha value is -4.34. The molecule has 0 spiro atoms. The fourth-order valence-corrected chi connectivity index (χ4v) is 4.20. The Kier molecular flexibility index (Phi) is 5.00. The molecule has 34 heavy (non-hydrogen) atoms. The zero-order valence-electron chi connectivity index (χ0n) is 19.2. The fraction of sp³-hybridized carbons (Fsp3) is 0.208. The van der Waals surface area contributed by atoms with Crippen LogP contribution in [-0.2, 0) is 6.54 Å². The van der Waals surface area contributed by atoms with Gasteiger partial charge in [0.25, 0.3) is 0 Å². The number of H-pyrrole nitrogens is 1. The average Bonchev–Trinajstić information content (AvgIpc) is 3.26. The van der Waals surface area contributed by atoms with Crippen molar-refractivity contribution in [3.05, 3.63) is 81.4 Å². The van der Waals surface area contributed by atoms with Gasteiger partial charge in [0.05, 0.1) is 5.56 Å². The van der Waals surface area contributed by atoms with Crippen LogP contribution in [0.1, 0.15) is 28.7 Å². The third-order valence-electron chi connectivity index (χ3n) is 5.61. The molecule has 5 rings (SSSR count). The molecule has 0 atom stereocenters. The highest BCUT2D eigenvalue weighted by molar-refractivity contribution is 5.88. The monoisotopic (exact) mass is 460 g/mol. The number of aromatic nitrogens is 6. The van der Waals surface area contributed by atoms with E-state index in [0.29, 0.717) is 39.8 Å². The van der Waals surface area contributed by atoms with Crippen molar-refractivity contribution in [2.45, 2.75) is 34.2 Å². The van der Waals surface area contributed by atoms with Crippen LogP contribution in [0.3, 0.4) is 0 Å². The van der Waals surface area contributed by atoms with Crippen molar-refractivity contribution in [2.75, 3.05) is 5.73 Å². The summed E-state index contributed by atoms with van der Waals surface area (Å²) in [5.41, 5.74) is 11.2. The number of aromatic amines is 1. The van der Waals surface area contributed by atoms with Gasteiger partial charge in [0.1, 0.15) is 29.5 Å². The molecule has 4 heterocycles. The summed E-state index contributed by atoms with van der Waals surface area (Å²) in [6, 6.07) is 9.81. The summed E-state index contributed by atoms with van der Waals surface area (Å²) in [6.07, 6.45) is 0. The molecule has 0 unspecified atom stereocenters. The van der Waals surface area contributed by atoms with Crippen LogP contribution in [-0.4, -0.2) is 24.7 Å². The lowest BCUT2D eigenvalue weighted by Crippen LogP contribution is -2.44. The molecule has 0 saturated carbocycles. The molecule has 10 heteroatoms. The number of hydrogen-bond donors (Lipinski definition) is 2. The zero-order valence-corrected chi connectivity index (χ0v) is 19.2. The number of fused-ring (bicyclic) bond motifs is 1. The predicted molar refractivity (Wildman–Crippen MR) is 124 cm³/mol. The molecule has 0 saturated heterocycles. The van der Waals surface area contributed by atoms with Gasteiger partial charge >= 0.3 is 11.6 Å². The maximum Gasteiger partial charge on any atom is 0.428 e. The van der Waals surface area contributed by atoms with Crippen molar-refractivity contribution in [3.8, 4) is 22.4 Å². The van der Waals surface area contributed by atoms with Crippen LogP contribution < -0.4 is 15.8 Å². The number of rotatable bonds is 4. The average molecular weight is 460 g/mol. The normalized spacial score (nSPS) is 11.4. The topological polar surface area (TPSA) is 120 Å². The summed E-state index contributed by atoms with van der Waals surface area (Å²) in [5.74, 6) is 0.801. The van der Waals surface area contributed by atoms with E-state index in [2.05, 4.69) is 20.1 Å². The van der Waals surface area contributed by atoms with E-state index in [9.17, 15) is 9.18 Å². The van der Waals surface area contributed by atoms with E-state index in [-0.39, 0.29) is 18.3 Å². The molecule has 0 fully saturated rings. The Morgan fingerprint density at radius 2 is 1.71 bits per heavy atom. The van der Waals surface area contributed by atoms with Gasteiger partial charge in [-0.15, -0.1) is 9.38 Å². The molecule has 172 valence electrons. The number of halogens is 1. The molecule has 0 aliphatic heterocycles. The molecule has 3 N–H and O–H groups in total. The van der Waals surface area contributed by atoms with Gasteiger partial charge < -0.3 is 10.2 Å². The number of nitrogens with one attached hydrogen (secondary N) is 1. The lowest BCUT2D eigenvalue weighted by atomic mass is 9.99. The van der Waals surface area contributed by atoms with E-state index in [1.165, 1.54) is 21.2 Å². The number of hydrogen-bond acceptors (Lipinski definition) is 6. The number of nitrogen functional groups attached to an aromatic ring is 1. The second-order valence-corrected chi connectivity index (χ2v) is 8.24. The van der Waals surface area contributed by atoms with Crippen LogP contribution >= 0.6 is 0 Å². The molecule has 0 bridgehead atoms. The number of nitrogens with two attached hydrogens (primary N) is 1. The van der Waals surface area contributed by atoms with Crippen molar-refractivity contribution in [3.63, 3.8) is 0 Å². The molecular formula is C24H23FN7O2+. The van der Waals surface area contributed by atoms with E-state index in [0.717, 1.165) is 17.0 Å². The Morgan fingerprint density at radius 1 is 1.03 bits per heavy atom. The molecule has 0 radical (unpaired) electrons. The summed E-state index contributed by atoms with van der Waals surface area (Å²) >= 11 is 0. The van der Waals surface area contributed by atoms with E-state index in [4.69, 9.17) is 10.2 Å². The molecular weight excluding hydrogens is 437 g/mol. The van der Waals surface area contributed by atoms with Crippen LogP contribution in [0.15, 0.2) is 45.6 Å². The Morgan fingerprint density at radius 3 is 2.32 bits per heavy atom. The zero-order chi connectivity index (χ0) is 24.1. The van der Waals surface area contributed by atoms with Crippen LogP contribution in [0.2, 0.25) is 0 Å². The maximum atomic E-state index is 13.6. The van der Waals surface area contributed by atoms with E-state index in [1.807, 2.05) is 26.0 Å². The standard InChI is InChI=1S/C24H22FN7O2/c1-12-9-17(10-13(2)27-12)20-21(16-5-7-18(25)8-6-16)29-23(26)32-22(20)30-31(24(32)33)11-19-14(3)34-15(4)28-19/h5-10H,11H2,1-4H3,(H2,26,27,29,30)/p+1. The summed E-state index contributed by atoms with van der Waals surface area (Å²) < 4.78 is 21.9. The highest BCUT2D eigenvalue weighted by Gasteiger charge is 2.27. The van der Waals surface area contributed by atoms with E-state index >= 15 is 0 Å². The number of anilines is 1. The summed E-state index contributed by atoms with van der Waals surface area (Å²) in [6.45, 7) is 7.51. The first kappa shape index (κ1) is 21.5. The number of oxazole rings is 1. The smallest absolute Gasteiger partial charge is 0.428 e. The Bertz CT molecular complexity index is 1590. The highest BCUT2D eigenvalue weighted by Crippen LogP contribution is 2.33. The maximum absolute atomic E-state index is 13.6. The number of nitrogens with zero attached hydrogens (tertiary/aromatic N) is 5. The molecule has 0 aliphatic carbocycles. The van der Waals surface area contributed by atoms with Crippen molar-refractivity contribution in [2.24, 2.45) is 0 Å². The second kappa shape index (κ2) is 7.91. The summed E-state index contributed by atoms with van der Waals surface area (Å²) in [5, 5.41) is 3.19. The molecule has 0 aliphatic rings. The van der Waals surface area contributed by atoms with Gasteiger partial charge in [-0.25, -0.2) is 19.3 Å². The van der Waals surface area contributed by atoms with Crippen molar-refractivity contribution >= 4 is 11.6 Å². The lowest BCUT2D eigenvalue weighted by Gasteiger charge is -2.10. The first-order chi connectivity index (χ1) is 16.2. The Labute approximate surface area is 193 Å². The molecule has 0 amide bonds. The first-order valence-electron chi connectivity index (χ1n) is 10.7. The molecule has 5 aromatic rings. The van der Waals surface area contributed by atoms with E-state index < -0.39 is 5.69 Å². The quantitative estimate of drug-likeness (QED) is 0.398. The molecule has 4 aromatic heterocycles. The highest BCUT2D eigenvalue weighted by atomic mass is 19.1. The van der Waals surface area contributed by atoms with E-state index in [1.54, 1.807) is 26.0 Å². The van der Waals surface area contributed by atoms with Gasteiger partial charge in [0.2, 0.25) is 5.65 Å². The predicted octanol–water partition coefficient (Wildman–Crippen LogP) is 3.03. The second-order valence-electron chi connectivity index (χ2n) is 8.24. The van der Waals surface area contributed by atoms with Gasteiger partial charge in [-0.05, 0) is 62.7 Å². The van der Waals surface area contributed by atoms with Gasteiger partial charge in [-0.2, -0.15) is 4.68 Å². The largest absolute Gasteiger partial charge is 0.446 e. The van der Waals surface area contributed by atoms with Gasteiger partial charge in [0, 0.05) is 23.9 Å². The first-order valence-corrected chi connectivity index (χ1v) is 10.7. The minimum absolute atomic E-state index is 0.00799.